The molecule has 0 saturated heterocycles. The summed E-state index contributed by atoms with van der Waals surface area (Å²) in [6.45, 7) is 7.07. The molecule has 0 unspecified atom stereocenters. The lowest BCUT2D eigenvalue weighted by Gasteiger charge is -2.24. The molecular weight excluding hydrogens is 208 g/mol. The molecule has 0 aromatic carbocycles. The van der Waals surface area contributed by atoms with E-state index in [1.54, 1.807) is 0 Å². The normalized spacial score (nSPS) is 11.3. The Labute approximate surface area is 95.0 Å². The van der Waals surface area contributed by atoms with Gasteiger partial charge in [-0.2, -0.15) is 0 Å². The van der Waals surface area contributed by atoms with Gasteiger partial charge in [0.2, 0.25) is 0 Å². The zero-order valence-electron chi connectivity index (χ0n) is 9.93. The van der Waals surface area contributed by atoms with Crippen LogP contribution in [0.4, 0.5) is 0 Å². The van der Waals surface area contributed by atoms with Crippen molar-refractivity contribution < 1.29 is 14.4 Å². The number of carboxylic acid groups (broad SMARTS) is 1. The van der Waals surface area contributed by atoms with E-state index in [9.17, 15) is 4.79 Å². The number of nitrogens with zero attached hydrogens (tertiary/aromatic N) is 2. The summed E-state index contributed by atoms with van der Waals surface area (Å²) in [6, 6.07) is 2.16. The van der Waals surface area contributed by atoms with Gasteiger partial charge in [-0.05, 0) is 20.8 Å². The van der Waals surface area contributed by atoms with E-state index >= 15 is 0 Å². The van der Waals surface area contributed by atoms with Gasteiger partial charge in [0.05, 0.1) is 12.1 Å². The van der Waals surface area contributed by atoms with Gasteiger partial charge in [0.15, 0.2) is 0 Å². The van der Waals surface area contributed by atoms with E-state index in [4.69, 9.17) is 9.63 Å². The molecule has 1 heterocycles. The van der Waals surface area contributed by atoms with Crippen LogP contribution in [0, 0.1) is 6.92 Å². The van der Waals surface area contributed by atoms with E-state index in [2.05, 4.69) is 10.1 Å². The predicted molar refractivity (Wildman–Crippen MR) is 59.0 cm³/mol. The Balaban J connectivity index is 2.54. The third-order valence-corrected chi connectivity index (χ3v) is 2.39. The molecule has 0 fully saturated rings. The molecule has 0 bridgehead atoms. The molecule has 0 saturated carbocycles. The predicted octanol–water partition coefficient (Wildman–Crippen LogP) is 1.67. The maximum atomic E-state index is 10.5. The summed E-state index contributed by atoms with van der Waals surface area (Å²) in [5.74, 6) is -0.000996. The highest BCUT2D eigenvalue weighted by molar-refractivity contribution is 5.66. The molecule has 5 heteroatoms. The highest BCUT2D eigenvalue weighted by Gasteiger charge is 2.13. The third kappa shape index (κ3) is 4.02. The first-order valence-electron chi connectivity index (χ1n) is 5.37. The summed E-state index contributed by atoms with van der Waals surface area (Å²) < 4.78 is 4.98. The summed E-state index contributed by atoms with van der Waals surface area (Å²) >= 11 is 0. The number of aliphatic carboxylic acids is 1. The molecule has 0 aliphatic carbocycles. The number of hydrogen-bond acceptors (Lipinski definition) is 4. The Morgan fingerprint density at radius 2 is 2.31 bits per heavy atom. The monoisotopic (exact) mass is 226 g/mol. The highest BCUT2D eigenvalue weighted by Crippen LogP contribution is 2.09. The van der Waals surface area contributed by atoms with Gasteiger partial charge in [0.25, 0.3) is 0 Å². The van der Waals surface area contributed by atoms with E-state index in [1.807, 2.05) is 26.8 Å². The fourth-order valence-corrected chi connectivity index (χ4v) is 1.46. The fraction of sp³-hybridized carbons (Fsp3) is 0.636. The smallest absolute Gasteiger partial charge is 0.304 e. The molecule has 0 amide bonds. The van der Waals surface area contributed by atoms with Gasteiger partial charge in [0, 0.05) is 25.2 Å². The minimum absolute atomic E-state index is 0.148. The molecule has 16 heavy (non-hydrogen) atoms. The van der Waals surface area contributed by atoms with Crippen LogP contribution in [0.3, 0.4) is 0 Å². The molecule has 0 spiro atoms. The number of aryl methyl sites for hydroxylation is 1. The topological polar surface area (TPSA) is 66.6 Å². The van der Waals surface area contributed by atoms with Gasteiger partial charge in [-0.1, -0.05) is 5.16 Å². The lowest BCUT2D eigenvalue weighted by Crippen LogP contribution is -2.32. The van der Waals surface area contributed by atoms with Gasteiger partial charge in [0.1, 0.15) is 5.76 Å². The molecule has 0 radical (unpaired) electrons. The maximum absolute atomic E-state index is 10.5. The third-order valence-electron chi connectivity index (χ3n) is 2.39. The van der Waals surface area contributed by atoms with Crippen LogP contribution in [0.25, 0.3) is 0 Å². The van der Waals surface area contributed by atoms with E-state index < -0.39 is 5.97 Å². The average molecular weight is 226 g/mol. The van der Waals surface area contributed by atoms with E-state index in [0.717, 1.165) is 11.5 Å². The number of rotatable bonds is 6. The fourth-order valence-electron chi connectivity index (χ4n) is 1.46. The van der Waals surface area contributed by atoms with Gasteiger partial charge in [-0.25, -0.2) is 0 Å². The molecule has 5 nitrogen and oxygen atoms in total. The van der Waals surface area contributed by atoms with Crippen molar-refractivity contribution in [3.8, 4) is 0 Å². The van der Waals surface area contributed by atoms with Crippen molar-refractivity contribution in [3.05, 3.63) is 17.5 Å². The molecule has 1 rings (SSSR count). The minimum atomic E-state index is -0.776. The average Bonchev–Trinajstić information content (AvgIpc) is 2.57. The number of carbonyl (C=O) groups is 1. The molecule has 90 valence electrons. The summed E-state index contributed by atoms with van der Waals surface area (Å²) in [7, 11) is 0. The van der Waals surface area contributed by atoms with E-state index in [1.165, 1.54) is 0 Å². The molecule has 0 atom stereocenters. The van der Waals surface area contributed by atoms with E-state index in [0.29, 0.717) is 13.1 Å². The van der Waals surface area contributed by atoms with Crippen LogP contribution in [-0.4, -0.2) is 33.7 Å². The van der Waals surface area contributed by atoms with Gasteiger partial charge >= 0.3 is 5.97 Å². The van der Waals surface area contributed by atoms with Crippen molar-refractivity contribution in [1.82, 2.24) is 10.1 Å². The summed E-state index contributed by atoms with van der Waals surface area (Å²) in [4.78, 5) is 12.6. The first-order chi connectivity index (χ1) is 7.49. The standard InChI is InChI=1S/C11H18N2O3/c1-8(2)13(5-4-11(14)15)7-10-6-9(3)16-12-10/h6,8H,4-5,7H2,1-3H3,(H,14,15). The molecular formula is C11H18N2O3. The largest absolute Gasteiger partial charge is 0.481 e. The minimum Gasteiger partial charge on any atom is -0.481 e. The van der Waals surface area contributed by atoms with Crippen LogP contribution in [0.5, 0.6) is 0 Å². The van der Waals surface area contributed by atoms with Crippen LogP contribution >= 0.6 is 0 Å². The Morgan fingerprint density at radius 1 is 1.62 bits per heavy atom. The number of hydrogen-bond donors (Lipinski definition) is 1. The number of carboxylic acids is 1. The molecule has 0 aliphatic heterocycles. The number of aromatic nitrogens is 1. The van der Waals surface area contributed by atoms with Crippen LogP contribution in [0.1, 0.15) is 31.7 Å². The lowest BCUT2D eigenvalue weighted by molar-refractivity contribution is -0.137. The SMILES string of the molecule is Cc1cc(CN(CCC(=O)O)C(C)C)no1. The zero-order valence-corrected chi connectivity index (χ0v) is 9.93. The second-order valence-electron chi connectivity index (χ2n) is 4.14. The summed E-state index contributed by atoms with van der Waals surface area (Å²) in [6.07, 6.45) is 0.148. The first-order valence-corrected chi connectivity index (χ1v) is 5.37. The Hall–Kier alpha value is -1.36. The van der Waals surface area contributed by atoms with Crippen molar-refractivity contribution in [2.45, 2.75) is 39.8 Å². The summed E-state index contributed by atoms with van der Waals surface area (Å²) in [5.41, 5.74) is 0.844. The van der Waals surface area contributed by atoms with Crippen molar-refractivity contribution in [2.24, 2.45) is 0 Å². The van der Waals surface area contributed by atoms with Crippen LogP contribution in [0.15, 0.2) is 10.6 Å². The second-order valence-corrected chi connectivity index (χ2v) is 4.14. The van der Waals surface area contributed by atoms with E-state index in [-0.39, 0.29) is 12.5 Å². The molecule has 0 aliphatic rings. The van der Waals surface area contributed by atoms with Crippen LogP contribution in [-0.2, 0) is 11.3 Å². The second kappa shape index (κ2) is 5.65. The molecule has 1 N–H and O–H groups in total. The zero-order chi connectivity index (χ0) is 12.1. The van der Waals surface area contributed by atoms with Crippen molar-refractivity contribution in [1.29, 1.82) is 0 Å². The van der Waals surface area contributed by atoms with Crippen molar-refractivity contribution in [3.63, 3.8) is 0 Å². The van der Waals surface area contributed by atoms with Gasteiger partial charge in [-0.3, -0.25) is 9.69 Å². The van der Waals surface area contributed by atoms with Gasteiger partial charge in [-0.15, -0.1) is 0 Å². The van der Waals surface area contributed by atoms with Crippen LogP contribution in [0.2, 0.25) is 0 Å². The van der Waals surface area contributed by atoms with Crippen molar-refractivity contribution >= 4 is 5.97 Å². The Morgan fingerprint density at radius 3 is 2.75 bits per heavy atom. The molecule has 1 aromatic heterocycles. The maximum Gasteiger partial charge on any atom is 0.304 e. The summed E-state index contributed by atoms with van der Waals surface area (Å²) in [5, 5.41) is 12.6. The quantitative estimate of drug-likeness (QED) is 0.799. The van der Waals surface area contributed by atoms with Crippen molar-refractivity contribution in [2.75, 3.05) is 6.54 Å². The highest BCUT2D eigenvalue weighted by atomic mass is 16.5. The Kier molecular flexibility index (Phi) is 4.49. The Bertz CT molecular complexity index is 347. The first kappa shape index (κ1) is 12.7. The van der Waals surface area contributed by atoms with Crippen LogP contribution < -0.4 is 0 Å². The van der Waals surface area contributed by atoms with Gasteiger partial charge < -0.3 is 9.63 Å². The molecule has 1 aromatic rings. The lowest BCUT2D eigenvalue weighted by atomic mass is 10.2.